The van der Waals surface area contributed by atoms with E-state index >= 15 is 0 Å². The number of amides is 2. The highest BCUT2D eigenvalue weighted by molar-refractivity contribution is 6.42. The molecule has 0 aromatic heterocycles. The lowest BCUT2D eigenvalue weighted by molar-refractivity contribution is -0.141. The van der Waals surface area contributed by atoms with E-state index in [0.717, 1.165) is 16.7 Å². The van der Waals surface area contributed by atoms with Crippen molar-refractivity contribution in [2.45, 2.75) is 45.7 Å². The highest BCUT2D eigenvalue weighted by atomic mass is 35.5. The minimum Gasteiger partial charge on any atom is -0.355 e. The van der Waals surface area contributed by atoms with Gasteiger partial charge in [0.15, 0.2) is 0 Å². The molecule has 2 amide bonds. The summed E-state index contributed by atoms with van der Waals surface area (Å²) in [4.78, 5) is 28.4. The van der Waals surface area contributed by atoms with Gasteiger partial charge in [-0.05, 0) is 49.1 Å². The van der Waals surface area contributed by atoms with Crippen molar-refractivity contribution < 1.29 is 9.59 Å². The number of aryl methyl sites for hydroxylation is 2. The number of halogens is 2. The molecule has 0 aliphatic rings. The largest absolute Gasteiger partial charge is 0.355 e. The molecule has 1 N–H and O–H groups in total. The van der Waals surface area contributed by atoms with E-state index in [1.807, 2.05) is 74.5 Å². The third kappa shape index (κ3) is 7.34. The van der Waals surface area contributed by atoms with Crippen molar-refractivity contribution in [2.24, 2.45) is 0 Å². The Morgan fingerprint density at radius 2 is 1.56 bits per heavy atom. The first-order valence-electron chi connectivity index (χ1n) is 11.5. The van der Waals surface area contributed by atoms with Crippen LogP contribution in [0.3, 0.4) is 0 Å². The molecule has 0 bridgehead atoms. The van der Waals surface area contributed by atoms with Crippen molar-refractivity contribution in [1.82, 2.24) is 10.2 Å². The zero-order chi connectivity index (χ0) is 24.5. The summed E-state index contributed by atoms with van der Waals surface area (Å²) in [6, 6.07) is 22.6. The highest BCUT2D eigenvalue weighted by Crippen LogP contribution is 2.24. The first-order chi connectivity index (χ1) is 16.4. The van der Waals surface area contributed by atoms with E-state index in [1.54, 1.807) is 17.0 Å². The number of carbonyl (C=O) groups excluding carboxylic acids is 2. The van der Waals surface area contributed by atoms with E-state index in [9.17, 15) is 9.59 Å². The Morgan fingerprint density at radius 3 is 2.21 bits per heavy atom. The summed E-state index contributed by atoms with van der Waals surface area (Å²) in [6.07, 6.45) is 1.32. The van der Waals surface area contributed by atoms with Gasteiger partial charge in [0, 0.05) is 25.9 Å². The lowest BCUT2D eigenvalue weighted by Gasteiger charge is -2.31. The smallest absolute Gasteiger partial charge is 0.243 e. The Bertz CT molecular complexity index is 1100. The van der Waals surface area contributed by atoms with E-state index < -0.39 is 6.04 Å². The molecule has 3 aromatic rings. The van der Waals surface area contributed by atoms with Gasteiger partial charge >= 0.3 is 0 Å². The molecule has 178 valence electrons. The molecule has 0 spiro atoms. The summed E-state index contributed by atoms with van der Waals surface area (Å²) in [5.41, 5.74) is 4.08. The van der Waals surface area contributed by atoms with Crippen molar-refractivity contribution in [3.8, 4) is 0 Å². The van der Waals surface area contributed by atoms with Crippen LogP contribution in [0.5, 0.6) is 0 Å². The Balaban J connectivity index is 1.90. The first-order valence-corrected chi connectivity index (χ1v) is 12.2. The quantitative estimate of drug-likeness (QED) is 0.373. The minimum absolute atomic E-state index is 0.0844. The van der Waals surface area contributed by atoms with Gasteiger partial charge in [-0.25, -0.2) is 0 Å². The van der Waals surface area contributed by atoms with Crippen LogP contribution in [0, 0.1) is 6.92 Å². The summed E-state index contributed by atoms with van der Waals surface area (Å²) in [5.74, 6) is -0.256. The predicted molar refractivity (Wildman–Crippen MR) is 139 cm³/mol. The zero-order valence-corrected chi connectivity index (χ0v) is 21.1. The number of benzene rings is 3. The van der Waals surface area contributed by atoms with E-state index in [0.29, 0.717) is 35.9 Å². The Morgan fingerprint density at radius 1 is 0.882 bits per heavy atom. The topological polar surface area (TPSA) is 49.4 Å². The first kappa shape index (κ1) is 25.8. The normalized spacial score (nSPS) is 11.6. The van der Waals surface area contributed by atoms with Crippen LogP contribution in [-0.2, 0) is 29.0 Å². The van der Waals surface area contributed by atoms with Crippen LogP contribution in [0.25, 0.3) is 0 Å². The molecule has 0 radical (unpaired) electrons. The Labute approximate surface area is 211 Å². The van der Waals surface area contributed by atoms with E-state index in [1.165, 1.54) is 5.56 Å². The third-order valence-corrected chi connectivity index (χ3v) is 6.45. The average Bonchev–Trinajstić information content (AvgIpc) is 2.83. The zero-order valence-electron chi connectivity index (χ0n) is 19.6. The predicted octanol–water partition coefficient (Wildman–Crippen LogP) is 6.01. The van der Waals surface area contributed by atoms with Crippen molar-refractivity contribution in [3.05, 3.63) is 105 Å². The third-order valence-electron chi connectivity index (χ3n) is 5.71. The van der Waals surface area contributed by atoms with Crippen LogP contribution in [0.2, 0.25) is 10.0 Å². The van der Waals surface area contributed by atoms with E-state index in [2.05, 4.69) is 5.32 Å². The molecule has 0 saturated heterocycles. The minimum atomic E-state index is -0.651. The number of nitrogens with zero attached hydrogens (tertiary/aromatic N) is 1. The molecule has 4 nitrogen and oxygen atoms in total. The Hall–Kier alpha value is -2.82. The molecular weight excluding hydrogens is 467 g/mol. The van der Waals surface area contributed by atoms with Crippen LogP contribution < -0.4 is 5.32 Å². The second-order valence-electron chi connectivity index (χ2n) is 8.36. The van der Waals surface area contributed by atoms with E-state index in [4.69, 9.17) is 23.2 Å². The number of nitrogens with one attached hydrogen (secondary N) is 1. The van der Waals surface area contributed by atoms with Crippen LogP contribution in [0.4, 0.5) is 0 Å². The van der Waals surface area contributed by atoms with Crippen LogP contribution >= 0.6 is 23.2 Å². The number of hydrogen-bond acceptors (Lipinski definition) is 2. The summed E-state index contributed by atoms with van der Waals surface area (Å²) in [5, 5.41) is 3.78. The standard InChI is InChI=1S/C28H30Cl2N2O2/c1-3-31-28(34)26(18-22-7-5-4-6-8-22)32(19-23-13-15-24(29)25(30)17-23)27(33)16-14-21-11-9-20(2)10-12-21/h4-13,15,17,26H,3,14,16,18-19H2,1-2H3,(H,31,34)/t26-/m0/s1. The lowest BCUT2D eigenvalue weighted by atomic mass is 10.0. The molecule has 3 rings (SSSR count). The molecule has 0 aliphatic heterocycles. The maximum atomic E-state index is 13.6. The SMILES string of the molecule is CCNC(=O)[C@H](Cc1ccccc1)N(Cc1ccc(Cl)c(Cl)c1)C(=O)CCc1ccc(C)cc1. The van der Waals surface area contributed by atoms with Crippen LogP contribution in [0.15, 0.2) is 72.8 Å². The number of likely N-dealkylation sites (N-methyl/N-ethyl adjacent to an activating group) is 1. The van der Waals surface area contributed by atoms with Crippen LogP contribution in [-0.4, -0.2) is 29.3 Å². The van der Waals surface area contributed by atoms with Crippen molar-refractivity contribution in [1.29, 1.82) is 0 Å². The summed E-state index contributed by atoms with van der Waals surface area (Å²) in [6.45, 7) is 4.66. The molecule has 0 aliphatic carbocycles. The summed E-state index contributed by atoms with van der Waals surface area (Å²) in [7, 11) is 0. The monoisotopic (exact) mass is 496 g/mol. The second-order valence-corrected chi connectivity index (χ2v) is 9.17. The molecule has 3 aromatic carbocycles. The fourth-order valence-corrected chi connectivity index (χ4v) is 4.15. The molecule has 0 heterocycles. The maximum Gasteiger partial charge on any atom is 0.243 e. The average molecular weight is 497 g/mol. The molecule has 6 heteroatoms. The molecule has 1 atom stereocenters. The van der Waals surface area contributed by atoms with Gasteiger partial charge in [0.05, 0.1) is 10.0 Å². The number of hydrogen-bond donors (Lipinski definition) is 1. The van der Waals surface area contributed by atoms with Crippen molar-refractivity contribution in [2.75, 3.05) is 6.54 Å². The van der Waals surface area contributed by atoms with Crippen molar-refractivity contribution in [3.63, 3.8) is 0 Å². The highest BCUT2D eigenvalue weighted by Gasteiger charge is 2.30. The van der Waals surface area contributed by atoms with Crippen molar-refractivity contribution >= 4 is 35.0 Å². The van der Waals surface area contributed by atoms with Gasteiger partial charge in [-0.1, -0.05) is 89.4 Å². The number of rotatable bonds is 10. The van der Waals surface area contributed by atoms with Gasteiger partial charge < -0.3 is 10.2 Å². The second kappa shape index (κ2) is 12.6. The molecular formula is C28H30Cl2N2O2. The summed E-state index contributed by atoms with van der Waals surface area (Å²) < 4.78 is 0. The van der Waals surface area contributed by atoms with Gasteiger partial charge in [0.1, 0.15) is 6.04 Å². The molecule has 0 saturated carbocycles. The molecule has 0 fully saturated rings. The maximum absolute atomic E-state index is 13.6. The Kier molecular flexibility index (Phi) is 9.55. The summed E-state index contributed by atoms with van der Waals surface area (Å²) >= 11 is 12.3. The van der Waals surface area contributed by atoms with Gasteiger partial charge in [-0.15, -0.1) is 0 Å². The van der Waals surface area contributed by atoms with E-state index in [-0.39, 0.29) is 18.4 Å². The molecule has 34 heavy (non-hydrogen) atoms. The van der Waals surface area contributed by atoms with Gasteiger partial charge in [0.25, 0.3) is 0 Å². The fourth-order valence-electron chi connectivity index (χ4n) is 3.83. The number of carbonyl (C=O) groups is 2. The van der Waals surface area contributed by atoms with Gasteiger partial charge in [-0.2, -0.15) is 0 Å². The van der Waals surface area contributed by atoms with Gasteiger partial charge in [-0.3, -0.25) is 9.59 Å². The fraction of sp³-hybridized carbons (Fsp3) is 0.286. The van der Waals surface area contributed by atoms with Crippen LogP contribution in [0.1, 0.15) is 35.6 Å². The van der Waals surface area contributed by atoms with Gasteiger partial charge in [0.2, 0.25) is 11.8 Å². The lowest BCUT2D eigenvalue weighted by Crippen LogP contribution is -2.50. The molecule has 0 unspecified atom stereocenters.